The second-order valence-corrected chi connectivity index (χ2v) is 13.4. The maximum atomic E-state index is 14.0. The van der Waals surface area contributed by atoms with E-state index in [4.69, 9.17) is 5.10 Å². The fourth-order valence-corrected chi connectivity index (χ4v) is 7.74. The average molecular weight is 679 g/mol. The second kappa shape index (κ2) is 14.5. The van der Waals surface area contributed by atoms with E-state index >= 15 is 0 Å². The highest BCUT2D eigenvalue weighted by Gasteiger charge is 2.41. The van der Waals surface area contributed by atoms with Crippen molar-refractivity contribution in [1.29, 1.82) is 5.26 Å². The van der Waals surface area contributed by atoms with Crippen LogP contribution in [0.4, 0.5) is 0 Å². The third kappa shape index (κ3) is 6.14. The van der Waals surface area contributed by atoms with E-state index in [9.17, 15) is 10.1 Å². The van der Waals surface area contributed by atoms with Gasteiger partial charge in [0.1, 0.15) is 11.2 Å². The molecule has 3 heterocycles. The fraction of sp³-hybridized carbons (Fsp3) is 0.156. The number of piperidine rings is 1. The zero-order valence-corrected chi connectivity index (χ0v) is 28.8. The number of rotatable bonds is 9. The van der Waals surface area contributed by atoms with Crippen LogP contribution in [0.15, 0.2) is 158 Å². The standard InChI is InChI=1S/C45H38N6O/c46-30-35-13-10-11-14-36(35)31-50-28-12-21-40(32-50)48-44(52)34-22-23-42-41(29-34)43(33-24-26-47-27-25-33)49-51(42)45(37-15-4-1-5-16-37,38-17-6-2-7-18-38)39-19-8-3-9-20-39/h1-11,13-20,22-27,29,40H,12,21,28,31-32H2,(H,48,52)/t40-/m1/s1. The van der Waals surface area contributed by atoms with Crippen LogP contribution in [-0.2, 0) is 12.1 Å². The summed E-state index contributed by atoms with van der Waals surface area (Å²) in [5.41, 5.74) is 7.27. The number of aromatic nitrogens is 3. The van der Waals surface area contributed by atoms with Crippen molar-refractivity contribution >= 4 is 16.8 Å². The summed E-state index contributed by atoms with van der Waals surface area (Å²) in [6, 6.07) is 51.4. The Bertz CT molecular complexity index is 2250. The second-order valence-electron chi connectivity index (χ2n) is 13.4. The molecule has 8 rings (SSSR count). The number of carbonyl (C=O) groups excluding carboxylic acids is 1. The van der Waals surface area contributed by atoms with E-state index in [-0.39, 0.29) is 11.9 Å². The van der Waals surface area contributed by atoms with Gasteiger partial charge in [0.25, 0.3) is 5.91 Å². The number of pyridine rings is 1. The van der Waals surface area contributed by atoms with Gasteiger partial charge in [0.05, 0.1) is 17.1 Å². The predicted octanol–water partition coefficient (Wildman–Crippen LogP) is 8.20. The van der Waals surface area contributed by atoms with Crippen LogP contribution in [0, 0.1) is 11.3 Å². The van der Waals surface area contributed by atoms with E-state index in [0.717, 1.165) is 70.3 Å². The van der Waals surface area contributed by atoms with Crippen LogP contribution in [0.3, 0.4) is 0 Å². The molecule has 1 atom stereocenters. The van der Waals surface area contributed by atoms with Crippen LogP contribution in [0.2, 0.25) is 0 Å². The lowest BCUT2D eigenvalue weighted by molar-refractivity contribution is 0.0901. The van der Waals surface area contributed by atoms with Crippen molar-refractivity contribution in [3.05, 3.63) is 191 Å². The Morgan fingerprint density at radius 2 is 1.40 bits per heavy atom. The highest BCUT2D eigenvalue weighted by atomic mass is 16.1. The first kappa shape index (κ1) is 32.8. The molecule has 0 aliphatic carbocycles. The molecule has 0 bridgehead atoms. The van der Waals surface area contributed by atoms with Gasteiger partial charge in [-0.05, 0) is 78.0 Å². The van der Waals surface area contributed by atoms with E-state index in [1.165, 1.54) is 0 Å². The van der Waals surface area contributed by atoms with E-state index in [0.29, 0.717) is 17.7 Å². The van der Waals surface area contributed by atoms with Gasteiger partial charge in [-0.2, -0.15) is 10.4 Å². The number of nitrogens with one attached hydrogen (secondary N) is 1. The van der Waals surface area contributed by atoms with Gasteiger partial charge in [0.2, 0.25) is 0 Å². The number of likely N-dealkylation sites (tertiary alicyclic amines) is 1. The van der Waals surface area contributed by atoms with E-state index in [1.54, 1.807) is 12.4 Å². The monoisotopic (exact) mass is 678 g/mol. The molecule has 1 aliphatic rings. The van der Waals surface area contributed by atoms with E-state index in [1.807, 2.05) is 72.8 Å². The summed E-state index contributed by atoms with van der Waals surface area (Å²) in [4.78, 5) is 20.6. The Kier molecular flexibility index (Phi) is 9.14. The molecule has 52 heavy (non-hydrogen) atoms. The molecule has 7 nitrogen and oxygen atoms in total. The molecule has 1 aliphatic heterocycles. The van der Waals surface area contributed by atoms with Crippen molar-refractivity contribution in [1.82, 2.24) is 25.0 Å². The molecule has 0 spiro atoms. The summed E-state index contributed by atoms with van der Waals surface area (Å²) in [6.45, 7) is 2.34. The molecule has 1 N–H and O–H groups in total. The van der Waals surface area contributed by atoms with Gasteiger partial charge in [0.15, 0.2) is 0 Å². The number of hydrogen-bond acceptors (Lipinski definition) is 5. The molecule has 0 saturated carbocycles. The Balaban J connectivity index is 1.22. The number of nitrogens with zero attached hydrogens (tertiary/aromatic N) is 5. The first-order valence-electron chi connectivity index (χ1n) is 17.8. The quantitative estimate of drug-likeness (QED) is 0.156. The molecular formula is C45H38N6O. The Morgan fingerprint density at radius 3 is 2.04 bits per heavy atom. The lowest BCUT2D eigenvalue weighted by atomic mass is 9.77. The lowest BCUT2D eigenvalue weighted by Crippen LogP contribution is -2.47. The van der Waals surface area contributed by atoms with Crippen LogP contribution in [0.25, 0.3) is 22.2 Å². The third-order valence-electron chi connectivity index (χ3n) is 10.2. The number of fused-ring (bicyclic) bond motifs is 1. The van der Waals surface area contributed by atoms with Crippen LogP contribution in [-0.4, -0.2) is 44.7 Å². The normalized spacial score (nSPS) is 14.9. The SMILES string of the molecule is N#Cc1ccccc1CN1CCC[C@@H](NC(=O)c2ccc3c(c2)c(-c2ccncc2)nn3C(c2ccccc2)(c2ccccc2)c2ccccc2)C1. The maximum absolute atomic E-state index is 14.0. The smallest absolute Gasteiger partial charge is 0.251 e. The van der Waals surface area contributed by atoms with Gasteiger partial charge in [-0.1, -0.05) is 109 Å². The summed E-state index contributed by atoms with van der Waals surface area (Å²) in [5.74, 6) is -0.111. The van der Waals surface area contributed by atoms with Crippen molar-refractivity contribution < 1.29 is 4.79 Å². The van der Waals surface area contributed by atoms with Gasteiger partial charge >= 0.3 is 0 Å². The lowest BCUT2D eigenvalue weighted by Gasteiger charge is -2.37. The first-order valence-corrected chi connectivity index (χ1v) is 17.8. The average Bonchev–Trinajstić information content (AvgIpc) is 3.59. The third-order valence-corrected chi connectivity index (χ3v) is 10.2. The van der Waals surface area contributed by atoms with Crippen LogP contribution in [0.1, 0.15) is 51.0 Å². The van der Waals surface area contributed by atoms with Crippen molar-refractivity contribution in [2.24, 2.45) is 0 Å². The topological polar surface area (TPSA) is 86.8 Å². The zero-order chi connectivity index (χ0) is 35.3. The summed E-state index contributed by atoms with van der Waals surface area (Å²) in [6.07, 6.45) is 5.43. The van der Waals surface area contributed by atoms with Crippen LogP contribution in [0.5, 0.6) is 0 Å². The molecule has 0 radical (unpaired) electrons. The maximum Gasteiger partial charge on any atom is 0.251 e. The largest absolute Gasteiger partial charge is 0.348 e. The van der Waals surface area contributed by atoms with Crippen LogP contribution < -0.4 is 5.32 Å². The molecule has 7 heteroatoms. The minimum Gasteiger partial charge on any atom is -0.348 e. The molecule has 7 aromatic rings. The van der Waals surface area contributed by atoms with Crippen molar-refractivity contribution in [3.63, 3.8) is 0 Å². The minimum atomic E-state index is -0.827. The van der Waals surface area contributed by atoms with Gasteiger partial charge in [0, 0.05) is 48.0 Å². The molecular weight excluding hydrogens is 641 g/mol. The highest BCUT2D eigenvalue weighted by molar-refractivity contribution is 6.02. The van der Waals surface area contributed by atoms with Gasteiger partial charge in [-0.3, -0.25) is 14.7 Å². The van der Waals surface area contributed by atoms with Crippen LogP contribution >= 0.6 is 0 Å². The molecule has 1 amide bonds. The summed E-state index contributed by atoms with van der Waals surface area (Å²) >= 11 is 0. The zero-order valence-electron chi connectivity index (χ0n) is 28.8. The Hall–Kier alpha value is -6.36. The number of carbonyl (C=O) groups is 1. The molecule has 1 saturated heterocycles. The highest BCUT2D eigenvalue weighted by Crippen LogP contribution is 2.44. The van der Waals surface area contributed by atoms with Gasteiger partial charge in [-0.25, -0.2) is 4.68 Å². The molecule has 2 aromatic heterocycles. The summed E-state index contributed by atoms with van der Waals surface area (Å²) < 4.78 is 2.14. The predicted molar refractivity (Wildman–Crippen MR) is 204 cm³/mol. The number of benzene rings is 5. The van der Waals surface area contributed by atoms with E-state index in [2.05, 4.69) is 98.7 Å². The Labute approximate surface area is 303 Å². The Morgan fingerprint density at radius 1 is 0.788 bits per heavy atom. The fourth-order valence-electron chi connectivity index (χ4n) is 7.74. The number of amides is 1. The molecule has 254 valence electrons. The minimum absolute atomic E-state index is 0.00419. The van der Waals surface area contributed by atoms with E-state index < -0.39 is 5.54 Å². The molecule has 5 aromatic carbocycles. The van der Waals surface area contributed by atoms with Crippen molar-refractivity contribution in [2.75, 3.05) is 13.1 Å². The van der Waals surface area contributed by atoms with Crippen molar-refractivity contribution in [3.8, 4) is 17.3 Å². The molecule has 0 unspecified atom stereocenters. The van der Waals surface area contributed by atoms with Crippen molar-refractivity contribution in [2.45, 2.75) is 31.0 Å². The number of hydrogen-bond donors (Lipinski definition) is 1. The van der Waals surface area contributed by atoms with Gasteiger partial charge in [-0.15, -0.1) is 0 Å². The first-order chi connectivity index (χ1) is 25.6. The van der Waals surface area contributed by atoms with Gasteiger partial charge < -0.3 is 5.32 Å². The number of nitriles is 1. The summed E-state index contributed by atoms with van der Waals surface area (Å²) in [5, 5.41) is 19.3. The molecule has 1 fully saturated rings. The summed E-state index contributed by atoms with van der Waals surface area (Å²) in [7, 11) is 0.